The van der Waals surface area contributed by atoms with Crippen LogP contribution in [0.25, 0.3) is 0 Å². The fourth-order valence-electron chi connectivity index (χ4n) is 1.27. The van der Waals surface area contributed by atoms with Crippen LogP contribution < -0.4 is 5.73 Å². The van der Waals surface area contributed by atoms with E-state index in [0.29, 0.717) is 24.7 Å². The average Bonchev–Trinajstić information content (AvgIpc) is 2.25. The van der Waals surface area contributed by atoms with E-state index in [1.165, 1.54) is 4.31 Å². The summed E-state index contributed by atoms with van der Waals surface area (Å²) in [6, 6.07) is 0. The summed E-state index contributed by atoms with van der Waals surface area (Å²) in [6.07, 6.45) is 0. The van der Waals surface area contributed by atoms with E-state index < -0.39 is 10.0 Å². The number of nitrogens with two attached hydrogens (primary N) is 1. The molecule has 0 bridgehead atoms. The van der Waals surface area contributed by atoms with Gasteiger partial charge in [0, 0.05) is 25.6 Å². The molecule has 0 aliphatic carbocycles. The second-order valence-electron chi connectivity index (χ2n) is 3.77. The van der Waals surface area contributed by atoms with E-state index in [1.807, 2.05) is 13.8 Å². The Hall–Kier alpha value is -0.240. The van der Waals surface area contributed by atoms with Crippen molar-refractivity contribution >= 4 is 27.2 Å². The number of hydrogen-bond acceptors (Lipinski definition) is 4. The minimum Gasteiger partial charge on any atom is -0.393 e. The molecule has 0 aromatic carbocycles. The summed E-state index contributed by atoms with van der Waals surface area (Å²) in [5.74, 6) is -0.120. The van der Waals surface area contributed by atoms with Crippen LogP contribution in [-0.4, -0.2) is 49.8 Å². The molecule has 0 aliphatic heterocycles. The summed E-state index contributed by atoms with van der Waals surface area (Å²) in [5.41, 5.74) is 5.49. The van der Waals surface area contributed by atoms with Gasteiger partial charge in [-0.3, -0.25) is 0 Å². The van der Waals surface area contributed by atoms with Crippen molar-refractivity contribution in [2.24, 2.45) is 11.7 Å². The van der Waals surface area contributed by atoms with Crippen molar-refractivity contribution in [1.82, 2.24) is 4.31 Å². The number of thiocarbonyl (C=S) groups is 1. The molecular formula is C10H22N2O3S2. The smallest absolute Gasteiger partial charge is 0.216 e. The number of ether oxygens (including phenoxy) is 1. The van der Waals surface area contributed by atoms with Gasteiger partial charge >= 0.3 is 0 Å². The minimum absolute atomic E-state index is 0.00126. The highest BCUT2D eigenvalue weighted by Gasteiger charge is 2.22. The standard InChI is InChI=1S/C10H22N2O3S2/c1-4-12(8-9(3)10(11)16)17(13,14)7-6-15-5-2/h9H,4-8H2,1-3H3,(H2,11,16). The zero-order valence-electron chi connectivity index (χ0n) is 10.7. The number of hydrogen-bond donors (Lipinski definition) is 1. The molecule has 0 saturated heterocycles. The van der Waals surface area contributed by atoms with Gasteiger partial charge in [0.05, 0.1) is 17.3 Å². The molecule has 0 radical (unpaired) electrons. The first-order valence-corrected chi connectivity index (χ1v) is 7.71. The normalized spacial score (nSPS) is 13.9. The van der Waals surface area contributed by atoms with E-state index in [9.17, 15) is 8.42 Å². The quantitative estimate of drug-likeness (QED) is 0.495. The van der Waals surface area contributed by atoms with Crippen LogP contribution in [0.5, 0.6) is 0 Å². The van der Waals surface area contributed by atoms with Gasteiger partial charge in [-0.15, -0.1) is 0 Å². The Morgan fingerprint density at radius 2 is 2.06 bits per heavy atom. The summed E-state index contributed by atoms with van der Waals surface area (Å²) in [4.78, 5) is 0.337. The molecule has 1 unspecified atom stereocenters. The molecule has 0 heterocycles. The van der Waals surface area contributed by atoms with Gasteiger partial charge in [-0.25, -0.2) is 12.7 Å². The molecule has 2 N–H and O–H groups in total. The molecule has 7 heteroatoms. The lowest BCUT2D eigenvalue weighted by Crippen LogP contribution is -2.40. The lowest BCUT2D eigenvalue weighted by atomic mass is 10.2. The van der Waals surface area contributed by atoms with Gasteiger partial charge in [0.1, 0.15) is 0 Å². The van der Waals surface area contributed by atoms with Crippen LogP contribution >= 0.6 is 12.2 Å². The first-order chi connectivity index (χ1) is 7.85. The number of rotatable bonds is 9. The lowest BCUT2D eigenvalue weighted by molar-refractivity contribution is 0.162. The summed E-state index contributed by atoms with van der Waals surface area (Å²) in [7, 11) is -3.28. The van der Waals surface area contributed by atoms with Gasteiger partial charge in [0.25, 0.3) is 0 Å². The summed E-state index contributed by atoms with van der Waals surface area (Å²) in [5, 5.41) is 0. The van der Waals surface area contributed by atoms with E-state index in [1.54, 1.807) is 6.92 Å². The van der Waals surface area contributed by atoms with Gasteiger partial charge in [0.2, 0.25) is 10.0 Å². The van der Waals surface area contributed by atoms with Crippen molar-refractivity contribution in [3.8, 4) is 0 Å². The topological polar surface area (TPSA) is 72.6 Å². The Morgan fingerprint density at radius 1 is 1.47 bits per heavy atom. The highest BCUT2D eigenvalue weighted by atomic mass is 32.2. The van der Waals surface area contributed by atoms with Crippen LogP contribution in [0.1, 0.15) is 20.8 Å². The third kappa shape index (κ3) is 6.30. The number of nitrogens with zero attached hydrogens (tertiary/aromatic N) is 1. The summed E-state index contributed by atoms with van der Waals surface area (Å²) in [6.45, 7) is 6.94. The Balaban J connectivity index is 4.47. The molecule has 0 aromatic heterocycles. The van der Waals surface area contributed by atoms with Crippen molar-refractivity contribution in [2.45, 2.75) is 20.8 Å². The van der Waals surface area contributed by atoms with E-state index in [2.05, 4.69) is 0 Å². The maximum atomic E-state index is 12.0. The molecule has 17 heavy (non-hydrogen) atoms. The summed E-state index contributed by atoms with van der Waals surface area (Å²) < 4.78 is 30.4. The molecule has 0 aromatic rings. The number of sulfonamides is 1. The minimum atomic E-state index is -3.28. The van der Waals surface area contributed by atoms with Gasteiger partial charge in [-0.1, -0.05) is 26.1 Å². The molecular weight excluding hydrogens is 260 g/mol. The molecule has 0 aliphatic rings. The monoisotopic (exact) mass is 282 g/mol. The maximum absolute atomic E-state index is 12.0. The molecule has 5 nitrogen and oxygen atoms in total. The zero-order chi connectivity index (χ0) is 13.5. The van der Waals surface area contributed by atoms with Crippen LogP contribution in [0.4, 0.5) is 0 Å². The van der Waals surface area contributed by atoms with E-state index in [4.69, 9.17) is 22.7 Å². The van der Waals surface area contributed by atoms with Crippen LogP contribution in [0.3, 0.4) is 0 Å². The van der Waals surface area contributed by atoms with E-state index in [0.717, 1.165) is 0 Å². The molecule has 0 spiro atoms. The largest absolute Gasteiger partial charge is 0.393 e. The average molecular weight is 282 g/mol. The Labute approximate surface area is 109 Å². The highest BCUT2D eigenvalue weighted by Crippen LogP contribution is 2.07. The van der Waals surface area contributed by atoms with Gasteiger partial charge in [0.15, 0.2) is 0 Å². The maximum Gasteiger partial charge on any atom is 0.216 e. The Morgan fingerprint density at radius 3 is 2.47 bits per heavy atom. The second kappa shape index (κ2) is 7.97. The first-order valence-electron chi connectivity index (χ1n) is 5.70. The van der Waals surface area contributed by atoms with Crippen LogP contribution in [0, 0.1) is 5.92 Å². The van der Waals surface area contributed by atoms with Crippen LogP contribution in [0.15, 0.2) is 0 Å². The molecule has 0 saturated carbocycles. The molecule has 0 rings (SSSR count). The fourth-order valence-corrected chi connectivity index (χ4v) is 2.78. The fraction of sp³-hybridized carbons (Fsp3) is 0.900. The third-order valence-corrected chi connectivity index (χ3v) is 4.68. The van der Waals surface area contributed by atoms with E-state index in [-0.39, 0.29) is 18.3 Å². The predicted molar refractivity (Wildman–Crippen MR) is 73.5 cm³/mol. The van der Waals surface area contributed by atoms with Gasteiger partial charge < -0.3 is 10.5 Å². The van der Waals surface area contributed by atoms with Gasteiger partial charge in [-0.2, -0.15) is 0 Å². The second-order valence-corrected chi connectivity index (χ2v) is 6.33. The third-order valence-electron chi connectivity index (χ3n) is 2.40. The van der Waals surface area contributed by atoms with Crippen molar-refractivity contribution in [2.75, 3.05) is 32.1 Å². The molecule has 0 fully saturated rings. The molecule has 1 atom stereocenters. The van der Waals surface area contributed by atoms with Crippen molar-refractivity contribution in [3.05, 3.63) is 0 Å². The van der Waals surface area contributed by atoms with Crippen LogP contribution in [-0.2, 0) is 14.8 Å². The highest BCUT2D eigenvalue weighted by molar-refractivity contribution is 7.89. The van der Waals surface area contributed by atoms with Crippen LogP contribution in [0.2, 0.25) is 0 Å². The molecule has 0 amide bonds. The Bertz CT molecular complexity index is 330. The SMILES string of the molecule is CCOCCS(=O)(=O)N(CC)CC(C)C(N)=S. The predicted octanol–water partition coefficient (Wildman–Crippen LogP) is 0.597. The molecule has 102 valence electrons. The van der Waals surface area contributed by atoms with E-state index >= 15 is 0 Å². The summed E-state index contributed by atoms with van der Waals surface area (Å²) >= 11 is 4.85. The van der Waals surface area contributed by atoms with Gasteiger partial charge in [-0.05, 0) is 6.92 Å². The Kier molecular flexibility index (Phi) is 7.85. The lowest BCUT2D eigenvalue weighted by Gasteiger charge is -2.23. The van der Waals surface area contributed by atoms with Crippen molar-refractivity contribution in [3.63, 3.8) is 0 Å². The first kappa shape index (κ1) is 16.8. The zero-order valence-corrected chi connectivity index (χ0v) is 12.3. The van der Waals surface area contributed by atoms with Crippen molar-refractivity contribution < 1.29 is 13.2 Å². The van der Waals surface area contributed by atoms with Crippen molar-refractivity contribution in [1.29, 1.82) is 0 Å².